The summed E-state index contributed by atoms with van der Waals surface area (Å²) in [5.41, 5.74) is -0.315. The van der Waals surface area contributed by atoms with Gasteiger partial charge in [0.1, 0.15) is 0 Å². The number of amides is 1. The molecule has 0 radical (unpaired) electrons. The fourth-order valence-corrected chi connectivity index (χ4v) is 2.56. The number of benzene rings is 1. The summed E-state index contributed by atoms with van der Waals surface area (Å²) in [6.45, 7) is 1.88. The number of nitrogens with one attached hydrogen (secondary N) is 1. The van der Waals surface area contributed by atoms with E-state index < -0.39 is 11.5 Å². The first-order valence-electron chi connectivity index (χ1n) is 7.10. The molecule has 0 unspecified atom stereocenters. The van der Waals surface area contributed by atoms with E-state index in [9.17, 15) is 9.59 Å². The van der Waals surface area contributed by atoms with Crippen LogP contribution in [-0.2, 0) is 19.9 Å². The maximum Gasteiger partial charge on any atom is 0.336 e. The van der Waals surface area contributed by atoms with Gasteiger partial charge in [-0.05, 0) is 24.8 Å². The molecule has 1 N–H and O–H groups in total. The van der Waals surface area contributed by atoms with Gasteiger partial charge in [0.15, 0.2) is 5.54 Å². The highest BCUT2D eigenvalue weighted by Gasteiger charge is 2.43. The molecule has 0 heterocycles. The van der Waals surface area contributed by atoms with Crippen molar-refractivity contribution in [3.05, 3.63) is 35.9 Å². The van der Waals surface area contributed by atoms with E-state index in [0.717, 1.165) is 24.8 Å². The Bertz CT molecular complexity index is 482. The van der Waals surface area contributed by atoms with E-state index in [0.29, 0.717) is 6.42 Å². The van der Waals surface area contributed by atoms with Crippen LogP contribution in [0.3, 0.4) is 0 Å². The molecule has 4 heteroatoms. The van der Waals surface area contributed by atoms with Gasteiger partial charge in [0, 0.05) is 5.92 Å². The third-order valence-electron chi connectivity index (χ3n) is 4.14. The Hall–Kier alpha value is -1.84. The lowest BCUT2D eigenvalue weighted by Crippen LogP contribution is -2.54. The Morgan fingerprint density at radius 1 is 1.30 bits per heavy atom. The zero-order chi connectivity index (χ0) is 14.6. The highest BCUT2D eigenvalue weighted by molar-refractivity contribution is 5.90. The van der Waals surface area contributed by atoms with Crippen molar-refractivity contribution in [3.63, 3.8) is 0 Å². The topological polar surface area (TPSA) is 55.4 Å². The zero-order valence-corrected chi connectivity index (χ0v) is 12.0. The maximum absolute atomic E-state index is 12.3. The van der Waals surface area contributed by atoms with E-state index in [-0.39, 0.29) is 11.8 Å². The number of rotatable bonds is 5. The van der Waals surface area contributed by atoms with Crippen LogP contribution >= 0.6 is 0 Å². The number of ether oxygens (including phenoxy) is 1. The first-order chi connectivity index (χ1) is 9.64. The smallest absolute Gasteiger partial charge is 0.336 e. The minimum Gasteiger partial charge on any atom is -0.467 e. The maximum atomic E-state index is 12.3. The molecule has 1 aliphatic carbocycles. The Kier molecular flexibility index (Phi) is 4.42. The summed E-state index contributed by atoms with van der Waals surface area (Å²) in [6.07, 6.45) is 3.35. The molecular formula is C16H21NO3. The molecule has 1 aromatic carbocycles. The van der Waals surface area contributed by atoms with Gasteiger partial charge in [-0.25, -0.2) is 4.79 Å². The molecule has 0 aromatic heterocycles. The minimum absolute atomic E-state index is 0.0364. The minimum atomic E-state index is -1.08. The monoisotopic (exact) mass is 275 g/mol. The first-order valence-corrected chi connectivity index (χ1v) is 7.10. The predicted octanol–water partition coefficient (Wildman–Crippen LogP) is 2.38. The van der Waals surface area contributed by atoms with Crippen molar-refractivity contribution >= 4 is 11.9 Å². The van der Waals surface area contributed by atoms with Crippen molar-refractivity contribution in [2.24, 2.45) is 5.92 Å². The standard InChI is InChI=1S/C16H21NO3/c1-3-16(15(19)20-2,13-10-5-4-6-11-13)17-14(18)12-8-7-9-12/h4-6,10-12H,3,7-9H2,1-2H3,(H,17,18)/t16-/m0/s1. The SMILES string of the molecule is CC[C@@](NC(=O)C1CCC1)(C(=O)OC)c1ccccc1. The van der Waals surface area contributed by atoms with E-state index in [1.165, 1.54) is 7.11 Å². The van der Waals surface area contributed by atoms with Crippen LogP contribution in [0.4, 0.5) is 0 Å². The molecule has 0 spiro atoms. The average molecular weight is 275 g/mol. The summed E-state index contributed by atoms with van der Waals surface area (Å²) in [5, 5.41) is 2.94. The van der Waals surface area contributed by atoms with E-state index in [2.05, 4.69) is 5.32 Å². The fourth-order valence-electron chi connectivity index (χ4n) is 2.56. The third-order valence-corrected chi connectivity index (χ3v) is 4.14. The Morgan fingerprint density at radius 3 is 2.40 bits per heavy atom. The van der Waals surface area contributed by atoms with Crippen molar-refractivity contribution in [3.8, 4) is 0 Å². The number of methoxy groups -OCH3 is 1. The van der Waals surface area contributed by atoms with Crippen molar-refractivity contribution < 1.29 is 14.3 Å². The highest BCUT2D eigenvalue weighted by Crippen LogP contribution is 2.31. The summed E-state index contributed by atoms with van der Waals surface area (Å²) in [7, 11) is 1.35. The molecule has 0 saturated heterocycles. The third kappa shape index (κ3) is 2.55. The van der Waals surface area contributed by atoms with E-state index in [1.807, 2.05) is 37.3 Å². The average Bonchev–Trinajstić information content (AvgIpc) is 2.43. The lowest BCUT2D eigenvalue weighted by atomic mass is 9.82. The van der Waals surface area contributed by atoms with Gasteiger partial charge in [-0.3, -0.25) is 4.79 Å². The number of carbonyl (C=O) groups is 2. The summed E-state index contributed by atoms with van der Waals surface area (Å²) in [6, 6.07) is 9.30. The van der Waals surface area contributed by atoms with Crippen LogP contribution in [0.25, 0.3) is 0 Å². The Labute approximate surface area is 119 Å². The second-order valence-corrected chi connectivity index (χ2v) is 5.23. The van der Waals surface area contributed by atoms with Crippen LogP contribution in [0.5, 0.6) is 0 Å². The summed E-state index contributed by atoms with van der Waals surface area (Å²) in [5.74, 6) is -0.430. The van der Waals surface area contributed by atoms with Crippen molar-refractivity contribution in [1.29, 1.82) is 0 Å². The van der Waals surface area contributed by atoms with Crippen LogP contribution in [0.2, 0.25) is 0 Å². The van der Waals surface area contributed by atoms with Crippen molar-refractivity contribution in [2.75, 3.05) is 7.11 Å². The molecule has 1 saturated carbocycles. The van der Waals surface area contributed by atoms with Crippen LogP contribution in [0.1, 0.15) is 38.2 Å². The molecule has 1 aromatic rings. The van der Waals surface area contributed by atoms with Gasteiger partial charge >= 0.3 is 5.97 Å². The summed E-state index contributed by atoms with van der Waals surface area (Å²) < 4.78 is 4.94. The molecule has 4 nitrogen and oxygen atoms in total. The van der Waals surface area contributed by atoms with Crippen LogP contribution < -0.4 is 5.32 Å². The van der Waals surface area contributed by atoms with Crippen LogP contribution in [0.15, 0.2) is 30.3 Å². The number of hydrogen-bond acceptors (Lipinski definition) is 3. The Balaban J connectivity index is 2.32. The van der Waals surface area contributed by atoms with Gasteiger partial charge < -0.3 is 10.1 Å². The lowest BCUT2D eigenvalue weighted by molar-refractivity contribution is -0.152. The van der Waals surface area contributed by atoms with Crippen molar-refractivity contribution in [2.45, 2.75) is 38.1 Å². The predicted molar refractivity (Wildman–Crippen MR) is 75.9 cm³/mol. The molecular weight excluding hydrogens is 254 g/mol. The lowest BCUT2D eigenvalue weighted by Gasteiger charge is -2.34. The van der Waals surface area contributed by atoms with Crippen LogP contribution in [0, 0.1) is 5.92 Å². The quantitative estimate of drug-likeness (QED) is 0.839. The van der Waals surface area contributed by atoms with Gasteiger partial charge in [-0.1, -0.05) is 43.7 Å². The van der Waals surface area contributed by atoms with E-state index >= 15 is 0 Å². The van der Waals surface area contributed by atoms with Gasteiger partial charge in [0.2, 0.25) is 5.91 Å². The first kappa shape index (κ1) is 14.6. The second kappa shape index (κ2) is 6.07. The molecule has 0 bridgehead atoms. The van der Waals surface area contributed by atoms with E-state index in [1.54, 1.807) is 0 Å². The van der Waals surface area contributed by atoms with Gasteiger partial charge in [0.25, 0.3) is 0 Å². The highest BCUT2D eigenvalue weighted by atomic mass is 16.5. The van der Waals surface area contributed by atoms with Gasteiger partial charge in [-0.2, -0.15) is 0 Å². The molecule has 1 amide bonds. The van der Waals surface area contributed by atoms with Gasteiger partial charge in [0.05, 0.1) is 7.11 Å². The Morgan fingerprint density at radius 2 is 1.95 bits per heavy atom. The normalized spacial score (nSPS) is 17.7. The molecule has 1 fully saturated rings. The van der Waals surface area contributed by atoms with Crippen molar-refractivity contribution in [1.82, 2.24) is 5.32 Å². The number of esters is 1. The van der Waals surface area contributed by atoms with Crippen LogP contribution in [-0.4, -0.2) is 19.0 Å². The molecule has 2 rings (SSSR count). The summed E-state index contributed by atoms with van der Waals surface area (Å²) >= 11 is 0. The van der Waals surface area contributed by atoms with E-state index in [4.69, 9.17) is 4.74 Å². The second-order valence-electron chi connectivity index (χ2n) is 5.23. The number of hydrogen-bond donors (Lipinski definition) is 1. The molecule has 0 aliphatic heterocycles. The zero-order valence-electron chi connectivity index (χ0n) is 12.0. The molecule has 1 atom stereocenters. The largest absolute Gasteiger partial charge is 0.467 e. The molecule has 108 valence electrons. The number of carbonyl (C=O) groups excluding carboxylic acids is 2. The fraction of sp³-hybridized carbons (Fsp3) is 0.500. The van der Waals surface area contributed by atoms with Gasteiger partial charge in [-0.15, -0.1) is 0 Å². The molecule has 1 aliphatic rings. The molecule has 20 heavy (non-hydrogen) atoms. The summed E-state index contributed by atoms with van der Waals surface area (Å²) in [4.78, 5) is 24.6.